The first-order valence-corrected chi connectivity index (χ1v) is 24.2. The molecule has 20 heteroatoms. The lowest BCUT2D eigenvalue weighted by molar-refractivity contribution is -0.190. The van der Waals surface area contributed by atoms with E-state index in [2.05, 4.69) is 27.2 Å². The number of carboxylic acids is 1. The van der Waals surface area contributed by atoms with E-state index in [4.69, 9.17) is 48.7 Å². The van der Waals surface area contributed by atoms with E-state index in [-0.39, 0.29) is 56.0 Å². The molecule has 3 aromatic heterocycles. The Kier molecular flexibility index (Phi) is 18.1. The lowest BCUT2D eigenvalue weighted by atomic mass is 9.85. The second-order valence-electron chi connectivity index (χ2n) is 17.3. The van der Waals surface area contributed by atoms with Gasteiger partial charge in [0.1, 0.15) is 23.9 Å². The van der Waals surface area contributed by atoms with Crippen molar-refractivity contribution >= 4 is 40.7 Å². The number of H-pyrrole nitrogens is 1. The molecule has 2 aliphatic rings. The maximum Gasteiger partial charge on any atom is 0.355 e. The fourth-order valence-corrected chi connectivity index (χ4v) is 8.91. The first-order valence-electron chi connectivity index (χ1n) is 24.2. The number of hydrogen-bond donors (Lipinski definition) is 3. The minimum absolute atomic E-state index is 0.0205. The molecule has 0 fully saturated rings. The summed E-state index contributed by atoms with van der Waals surface area (Å²) >= 11 is 0. The van der Waals surface area contributed by atoms with Crippen molar-refractivity contribution in [2.45, 2.75) is 91.4 Å². The van der Waals surface area contributed by atoms with E-state index in [0.29, 0.717) is 105 Å². The Balaban J connectivity index is 0.773. The smallest absolute Gasteiger partial charge is 0.355 e. The van der Waals surface area contributed by atoms with Crippen molar-refractivity contribution in [2.75, 3.05) is 66.5 Å². The van der Waals surface area contributed by atoms with Crippen LogP contribution in [0.2, 0.25) is 0 Å². The molecule has 0 aliphatic carbocycles. The molecule has 0 amide bonds. The number of aryl methyl sites for hydroxylation is 3. The van der Waals surface area contributed by atoms with Crippen molar-refractivity contribution in [2.24, 2.45) is 15.9 Å². The first kappa shape index (κ1) is 52.7. The Labute approximate surface area is 416 Å². The molecule has 384 valence electrons. The molecule has 0 radical (unpaired) electrons. The topological polar surface area (TPSA) is 260 Å². The largest absolute Gasteiger partial charge is 0.497 e. The summed E-state index contributed by atoms with van der Waals surface area (Å²) < 4.78 is 47.1. The number of carbonyl (C=O) groups excluding carboxylic acids is 2. The van der Waals surface area contributed by atoms with Gasteiger partial charge in [0.05, 0.1) is 119 Å². The van der Waals surface area contributed by atoms with Gasteiger partial charge in [-0.2, -0.15) is 10.2 Å². The van der Waals surface area contributed by atoms with Crippen LogP contribution in [0.4, 0.5) is 0 Å². The number of pyridine rings is 2. The molecule has 0 saturated heterocycles. The number of cyclic esters (lactones) is 1. The number of esters is 2. The molecule has 5 aromatic rings. The number of nitrogens with zero attached hydrogens (tertiary/aromatic N) is 5. The SMILES string of the molecule is CCc1c2c(nc3ccc(OC)cc13)-c1cc3c(c(=O)n1C2)COC(=O)C3(CC)OC(=O)CCOCCOCCOCCN=CC(CCCOc1cc(OCCCc2c(C)n[nH]c2C)cc(C(=O)O)c1)=NN. The van der Waals surface area contributed by atoms with Crippen molar-refractivity contribution in [1.29, 1.82) is 0 Å². The van der Waals surface area contributed by atoms with Crippen molar-refractivity contribution in [1.82, 2.24) is 19.7 Å². The molecule has 1 atom stereocenters. The summed E-state index contributed by atoms with van der Waals surface area (Å²) in [5.74, 6) is 4.60. The highest BCUT2D eigenvalue weighted by atomic mass is 16.6. The third kappa shape index (κ3) is 12.3. The maximum absolute atomic E-state index is 14.0. The average molecular weight is 994 g/mol. The highest BCUT2D eigenvalue weighted by Gasteiger charge is 2.50. The summed E-state index contributed by atoms with van der Waals surface area (Å²) in [6.45, 7) is 10.3. The van der Waals surface area contributed by atoms with Crippen LogP contribution in [-0.4, -0.2) is 121 Å². The van der Waals surface area contributed by atoms with Crippen LogP contribution in [0.3, 0.4) is 0 Å². The summed E-state index contributed by atoms with van der Waals surface area (Å²) in [6, 6.07) is 12.1. The summed E-state index contributed by atoms with van der Waals surface area (Å²) in [5.41, 5.74) is 6.18. The molecule has 2 aliphatic heterocycles. The molecule has 20 nitrogen and oxygen atoms in total. The molecule has 0 spiro atoms. The molecule has 5 heterocycles. The predicted molar refractivity (Wildman–Crippen MR) is 266 cm³/mol. The average Bonchev–Trinajstić information content (AvgIpc) is 3.91. The number of carbonyl (C=O) groups is 3. The zero-order chi connectivity index (χ0) is 51.2. The van der Waals surface area contributed by atoms with Gasteiger partial charge in [-0.05, 0) is 99.9 Å². The number of aliphatic imine (C=N–C) groups is 1. The summed E-state index contributed by atoms with van der Waals surface area (Å²) in [5, 5.41) is 21.6. The van der Waals surface area contributed by atoms with Crippen molar-refractivity contribution in [3.05, 3.63) is 97.6 Å². The Morgan fingerprint density at radius 2 is 1.61 bits per heavy atom. The number of hydrazone groups is 1. The van der Waals surface area contributed by atoms with E-state index in [1.165, 1.54) is 12.1 Å². The number of carboxylic acid groups (broad SMARTS) is 1. The lowest BCUT2D eigenvalue weighted by Crippen LogP contribution is -2.47. The van der Waals surface area contributed by atoms with Crippen LogP contribution in [0, 0.1) is 13.8 Å². The normalized spacial score (nSPS) is 15.1. The monoisotopic (exact) mass is 993 g/mol. The number of aromatic amines is 1. The number of ether oxygens (including phenoxy) is 8. The highest BCUT2D eigenvalue weighted by Crippen LogP contribution is 2.42. The number of nitrogens with two attached hydrogens (primary N) is 1. The second kappa shape index (κ2) is 24.8. The molecular formula is C52H63N7O13. The Hall–Kier alpha value is -7.16. The maximum atomic E-state index is 14.0. The lowest BCUT2D eigenvalue weighted by Gasteiger charge is -2.35. The first-order chi connectivity index (χ1) is 34.9. The van der Waals surface area contributed by atoms with Gasteiger partial charge in [0.15, 0.2) is 0 Å². The van der Waals surface area contributed by atoms with Crippen LogP contribution in [-0.2, 0) is 64.9 Å². The molecule has 0 bridgehead atoms. The van der Waals surface area contributed by atoms with Crippen LogP contribution in [0.5, 0.6) is 17.2 Å². The molecular weight excluding hydrogens is 931 g/mol. The Morgan fingerprint density at radius 1 is 0.889 bits per heavy atom. The molecule has 4 N–H and O–H groups in total. The number of methoxy groups -OCH3 is 1. The minimum atomic E-state index is -1.81. The van der Waals surface area contributed by atoms with E-state index >= 15 is 0 Å². The third-order valence-electron chi connectivity index (χ3n) is 12.7. The fraction of sp³-hybridized carbons (Fsp3) is 0.462. The van der Waals surface area contributed by atoms with Crippen LogP contribution < -0.4 is 25.6 Å². The van der Waals surface area contributed by atoms with Crippen LogP contribution in [0.15, 0.2) is 57.4 Å². The fourth-order valence-electron chi connectivity index (χ4n) is 8.91. The standard InChI is InChI=1S/C52H63N7O13/c1-6-39-41-27-36(65-5)12-13-45(41)55-48-42(39)30-59-46(48)28-44-43(49(59)61)31-71-51(64)52(44,7-2)72-47(60)14-18-66-20-22-68-23-21-67-19-15-54-29-35(56-53)10-8-16-69-37-24-34(50(62)63)25-38(26-37)70-17-9-11-40-32(3)57-58-33(40)4/h12-13,24-29H,6-11,14-23,30-31,53H2,1-5H3,(H,57,58)(H,62,63). The minimum Gasteiger partial charge on any atom is -0.497 e. The molecule has 0 saturated carbocycles. The van der Waals surface area contributed by atoms with Gasteiger partial charge in [0, 0.05) is 34.5 Å². The third-order valence-corrected chi connectivity index (χ3v) is 12.7. The number of fused-ring (bicyclic) bond motifs is 5. The van der Waals surface area contributed by atoms with Gasteiger partial charge in [0.25, 0.3) is 5.56 Å². The number of hydrogen-bond acceptors (Lipinski definition) is 17. The van der Waals surface area contributed by atoms with Crippen molar-refractivity contribution < 1.29 is 57.4 Å². The van der Waals surface area contributed by atoms with Crippen molar-refractivity contribution in [3.63, 3.8) is 0 Å². The number of nitrogens with one attached hydrogen (secondary N) is 1. The number of aromatic carboxylic acids is 1. The van der Waals surface area contributed by atoms with Gasteiger partial charge < -0.3 is 53.4 Å². The molecule has 7 rings (SSSR count). The Bertz CT molecular complexity index is 2850. The molecule has 1 unspecified atom stereocenters. The Morgan fingerprint density at radius 3 is 2.28 bits per heavy atom. The van der Waals surface area contributed by atoms with Gasteiger partial charge in [-0.1, -0.05) is 13.8 Å². The number of benzene rings is 2. The van der Waals surface area contributed by atoms with E-state index < -0.39 is 23.5 Å². The summed E-state index contributed by atoms with van der Waals surface area (Å²) in [4.78, 5) is 61.9. The van der Waals surface area contributed by atoms with Gasteiger partial charge in [-0.25, -0.2) is 14.6 Å². The predicted octanol–water partition coefficient (Wildman–Crippen LogP) is 5.94. The van der Waals surface area contributed by atoms with Crippen LogP contribution >= 0.6 is 0 Å². The van der Waals surface area contributed by atoms with E-state index in [1.807, 2.05) is 32.0 Å². The number of aromatic nitrogens is 4. The summed E-state index contributed by atoms with van der Waals surface area (Å²) in [7, 11) is 1.61. The highest BCUT2D eigenvalue weighted by molar-refractivity contribution is 6.30. The molecule has 72 heavy (non-hydrogen) atoms. The van der Waals surface area contributed by atoms with Crippen LogP contribution in [0.1, 0.15) is 95.5 Å². The van der Waals surface area contributed by atoms with Gasteiger partial charge in [0.2, 0.25) is 5.60 Å². The molecule has 2 aromatic carbocycles. The van der Waals surface area contributed by atoms with Crippen molar-refractivity contribution in [3.8, 4) is 28.6 Å². The zero-order valence-corrected chi connectivity index (χ0v) is 41.5. The second-order valence-corrected chi connectivity index (χ2v) is 17.3. The van der Waals surface area contributed by atoms with Gasteiger partial charge in [-0.15, -0.1) is 0 Å². The van der Waals surface area contributed by atoms with Crippen LogP contribution in [0.25, 0.3) is 22.3 Å². The zero-order valence-electron chi connectivity index (χ0n) is 41.5. The summed E-state index contributed by atoms with van der Waals surface area (Å²) in [6.07, 6.45) is 4.77. The van der Waals surface area contributed by atoms with E-state index in [0.717, 1.165) is 51.8 Å². The van der Waals surface area contributed by atoms with Gasteiger partial charge in [-0.3, -0.25) is 19.7 Å². The van der Waals surface area contributed by atoms with Gasteiger partial charge >= 0.3 is 17.9 Å². The van der Waals surface area contributed by atoms with E-state index in [9.17, 15) is 24.3 Å². The quantitative estimate of drug-likeness (QED) is 0.0169. The van der Waals surface area contributed by atoms with E-state index in [1.54, 1.807) is 36.9 Å². The number of rotatable bonds is 28.